The number of thiazole rings is 1. The molecule has 0 spiro atoms. The second kappa shape index (κ2) is 5.08. The first-order chi connectivity index (χ1) is 7.72. The minimum atomic E-state index is 0.258. The van der Waals surface area contributed by atoms with Gasteiger partial charge in [-0.05, 0) is 42.8 Å². The first kappa shape index (κ1) is 11.8. The average Bonchev–Trinajstić information content (AvgIpc) is 2.86. The number of rotatable bonds is 4. The zero-order valence-electron chi connectivity index (χ0n) is 9.78. The Kier molecular flexibility index (Phi) is 3.74. The third-order valence-corrected chi connectivity index (χ3v) is 4.42. The molecule has 0 saturated carbocycles. The SMILES string of the molecule is CCNC(c1ccsc1)c1nc(C)c(C)s1. The van der Waals surface area contributed by atoms with Crippen molar-refractivity contribution in [3.8, 4) is 0 Å². The van der Waals surface area contributed by atoms with Gasteiger partial charge in [0.15, 0.2) is 0 Å². The van der Waals surface area contributed by atoms with E-state index in [2.05, 4.69) is 47.9 Å². The van der Waals surface area contributed by atoms with Gasteiger partial charge in [-0.2, -0.15) is 11.3 Å². The Hall–Kier alpha value is -0.710. The molecule has 0 aromatic carbocycles. The van der Waals surface area contributed by atoms with Crippen LogP contribution in [0.3, 0.4) is 0 Å². The van der Waals surface area contributed by atoms with Gasteiger partial charge in [-0.15, -0.1) is 11.3 Å². The first-order valence-corrected chi connectivity index (χ1v) is 7.17. The highest BCUT2D eigenvalue weighted by Crippen LogP contribution is 2.28. The van der Waals surface area contributed by atoms with Crippen LogP contribution in [0.4, 0.5) is 0 Å². The van der Waals surface area contributed by atoms with Crippen molar-refractivity contribution in [1.29, 1.82) is 0 Å². The van der Waals surface area contributed by atoms with Crippen LogP contribution in [-0.2, 0) is 0 Å². The van der Waals surface area contributed by atoms with E-state index < -0.39 is 0 Å². The van der Waals surface area contributed by atoms with Crippen molar-refractivity contribution in [3.05, 3.63) is 38.0 Å². The summed E-state index contributed by atoms with van der Waals surface area (Å²) in [6.07, 6.45) is 0. The van der Waals surface area contributed by atoms with Crippen molar-refractivity contribution in [1.82, 2.24) is 10.3 Å². The molecule has 1 N–H and O–H groups in total. The lowest BCUT2D eigenvalue weighted by molar-refractivity contribution is 0.628. The van der Waals surface area contributed by atoms with Gasteiger partial charge in [-0.1, -0.05) is 6.92 Å². The Balaban J connectivity index is 2.32. The van der Waals surface area contributed by atoms with Crippen LogP contribution in [0.1, 0.15) is 34.1 Å². The second-order valence-electron chi connectivity index (χ2n) is 3.74. The number of hydrogen-bond donors (Lipinski definition) is 1. The molecular formula is C12H16N2S2. The van der Waals surface area contributed by atoms with Gasteiger partial charge >= 0.3 is 0 Å². The summed E-state index contributed by atoms with van der Waals surface area (Å²) in [5.41, 5.74) is 2.47. The third kappa shape index (κ3) is 2.34. The summed E-state index contributed by atoms with van der Waals surface area (Å²) < 4.78 is 0. The van der Waals surface area contributed by atoms with E-state index in [1.165, 1.54) is 15.4 Å². The van der Waals surface area contributed by atoms with Crippen LogP contribution < -0.4 is 5.32 Å². The monoisotopic (exact) mass is 252 g/mol. The highest BCUT2D eigenvalue weighted by Gasteiger charge is 2.17. The smallest absolute Gasteiger partial charge is 0.115 e. The van der Waals surface area contributed by atoms with E-state index in [9.17, 15) is 0 Å². The minimum Gasteiger partial charge on any atom is -0.305 e. The Bertz CT molecular complexity index is 426. The number of aromatic nitrogens is 1. The van der Waals surface area contributed by atoms with Crippen LogP contribution in [0.5, 0.6) is 0 Å². The Morgan fingerprint density at radius 1 is 1.44 bits per heavy atom. The molecular weight excluding hydrogens is 236 g/mol. The number of thiophene rings is 1. The van der Waals surface area contributed by atoms with E-state index in [1.807, 2.05) is 0 Å². The van der Waals surface area contributed by atoms with Crippen LogP contribution in [-0.4, -0.2) is 11.5 Å². The predicted molar refractivity (Wildman–Crippen MR) is 71.4 cm³/mol. The quantitative estimate of drug-likeness (QED) is 0.900. The summed E-state index contributed by atoms with van der Waals surface area (Å²) in [5.74, 6) is 0. The van der Waals surface area contributed by atoms with Crippen LogP contribution in [0.15, 0.2) is 16.8 Å². The second-order valence-corrected chi connectivity index (χ2v) is 5.76. The van der Waals surface area contributed by atoms with Crippen LogP contribution in [0.25, 0.3) is 0 Å². The summed E-state index contributed by atoms with van der Waals surface area (Å²) >= 11 is 3.53. The van der Waals surface area contributed by atoms with Gasteiger partial charge in [0, 0.05) is 4.88 Å². The number of nitrogens with zero attached hydrogens (tertiary/aromatic N) is 1. The fourth-order valence-corrected chi connectivity index (χ4v) is 3.33. The topological polar surface area (TPSA) is 24.9 Å². The maximum atomic E-state index is 4.65. The lowest BCUT2D eigenvalue weighted by Gasteiger charge is -2.13. The highest BCUT2D eigenvalue weighted by molar-refractivity contribution is 7.11. The Morgan fingerprint density at radius 2 is 2.25 bits per heavy atom. The molecule has 1 atom stereocenters. The summed E-state index contributed by atoms with van der Waals surface area (Å²) in [4.78, 5) is 5.96. The Morgan fingerprint density at radius 3 is 2.75 bits per heavy atom. The molecule has 2 nitrogen and oxygen atoms in total. The first-order valence-electron chi connectivity index (χ1n) is 5.41. The van der Waals surface area contributed by atoms with E-state index in [0.29, 0.717) is 0 Å². The van der Waals surface area contributed by atoms with Gasteiger partial charge in [0.2, 0.25) is 0 Å². The van der Waals surface area contributed by atoms with Gasteiger partial charge < -0.3 is 5.32 Å². The molecule has 2 aromatic rings. The summed E-state index contributed by atoms with van der Waals surface area (Å²) in [5, 5.41) is 8.98. The summed E-state index contributed by atoms with van der Waals surface area (Å²) in [6.45, 7) is 7.30. The maximum Gasteiger partial charge on any atom is 0.115 e. The Labute approximate surface area is 104 Å². The predicted octanol–water partition coefficient (Wildman–Crippen LogP) is 3.52. The van der Waals surface area contributed by atoms with Gasteiger partial charge in [0.25, 0.3) is 0 Å². The molecule has 2 rings (SSSR count). The van der Waals surface area contributed by atoms with Gasteiger partial charge in [0.1, 0.15) is 5.01 Å². The molecule has 0 fully saturated rings. The molecule has 0 amide bonds. The van der Waals surface area contributed by atoms with E-state index in [0.717, 1.165) is 12.2 Å². The van der Waals surface area contributed by atoms with E-state index >= 15 is 0 Å². The van der Waals surface area contributed by atoms with E-state index in [4.69, 9.17) is 0 Å². The lowest BCUT2D eigenvalue weighted by Crippen LogP contribution is -2.21. The molecule has 0 bridgehead atoms. The molecule has 0 aliphatic rings. The highest BCUT2D eigenvalue weighted by atomic mass is 32.1. The van der Waals surface area contributed by atoms with Crippen LogP contribution in [0.2, 0.25) is 0 Å². The fraction of sp³-hybridized carbons (Fsp3) is 0.417. The van der Waals surface area contributed by atoms with Crippen LogP contribution in [0, 0.1) is 13.8 Å². The molecule has 16 heavy (non-hydrogen) atoms. The molecule has 0 aliphatic carbocycles. The van der Waals surface area contributed by atoms with Gasteiger partial charge in [0.05, 0.1) is 11.7 Å². The molecule has 2 aromatic heterocycles. The largest absolute Gasteiger partial charge is 0.305 e. The van der Waals surface area contributed by atoms with Crippen molar-refractivity contribution in [2.75, 3.05) is 6.54 Å². The molecule has 1 unspecified atom stereocenters. The standard InChI is InChI=1S/C12H16N2S2/c1-4-13-11(10-5-6-15-7-10)12-14-8(2)9(3)16-12/h5-7,11,13H,4H2,1-3H3. The van der Waals surface area contributed by atoms with Gasteiger partial charge in [-0.25, -0.2) is 4.98 Å². The zero-order chi connectivity index (χ0) is 11.5. The summed E-state index contributed by atoms with van der Waals surface area (Å²) in [7, 11) is 0. The number of aryl methyl sites for hydroxylation is 2. The average molecular weight is 252 g/mol. The zero-order valence-corrected chi connectivity index (χ0v) is 11.4. The molecule has 86 valence electrons. The van der Waals surface area contributed by atoms with Crippen molar-refractivity contribution in [2.24, 2.45) is 0 Å². The minimum absolute atomic E-state index is 0.258. The lowest BCUT2D eigenvalue weighted by atomic mass is 10.1. The number of nitrogens with one attached hydrogen (secondary N) is 1. The third-order valence-electron chi connectivity index (χ3n) is 2.58. The molecule has 2 heterocycles. The van der Waals surface area contributed by atoms with Crippen molar-refractivity contribution < 1.29 is 0 Å². The van der Waals surface area contributed by atoms with Crippen molar-refractivity contribution >= 4 is 22.7 Å². The van der Waals surface area contributed by atoms with Crippen molar-refractivity contribution in [2.45, 2.75) is 26.8 Å². The molecule has 0 saturated heterocycles. The number of hydrogen-bond acceptors (Lipinski definition) is 4. The normalized spacial score (nSPS) is 12.9. The van der Waals surface area contributed by atoms with Crippen molar-refractivity contribution in [3.63, 3.8) is 0 Å². The molecule has 0 aliphatic heterocycles. The molecule has 0 radical (unpaired) electrons. The summed E-state index contributed by atoms with van der Waals surface area (Å²) in [6, 6.07) is 2.43. The van der Waals surface area contributed by atoms with Crippen LogP contribution >= 0.6 is 22.7 Å². The maximum absolute atomic E-state index is 4.65. The van der Waals surface area contributed by atoms with E-state index in [1.54, 1.807) is 22.7 Å². The van der Waals surface area contributed by atoms with Gasteiger partial charge in [-0.3, -0.25) is 0 Å². The molecule has 4 heteroatoms. The van der Waals surface area contributed by atoms with E-state index in [-0.39, 0.29) is 6.04 Å². The fourth-order valence-electron chi connectivity index (χ4n) is 1.61.